The lowest BCUT2D eigenvalue weighted by Gasteiger charge is -2.51. The number of carbonyl (C=O) groups is 1. The Kier molecular flexibility index (Phi) is 6.97. The van der Waals surface area contributed by atoms with Crippen molar-refractivity contribution in [3.63, 3.8) is 0 Å². The number of benzene rings is 2. The van der Waals surface area contributed by atoms with Crippen LogP contribution < -0.4 is 0 Å². The van der Waals surface area contributed by atoms with Crippen molar-refractivity contribution in [3.05, 3.63) is 94.1 Å². The Hall–Kier alpha value is -2.63. The summed E-state index contributed by atoms with van der Waals surface area (Å²) in [5.74, 6) is 1.68. The van der Waals surface area contributed by atoms with Crippen molar-refractivity contribution in [3.8, 4) is 0 Å². The standard InChI is InChI=1S/C29H31Cl2N3O2/c1-4-15-29(3)17-23(20-7-6-8-22(31)16-20)25(18-11-13-21(30)14-12-18)34(28(29)35)24(5-2)27-32-26(33-36-27)19-9-10-19/h4,6-8,11-14,16,19,23-25H,1,5,9-10,15,17H2,2-3H3/t23-,24-,25-,29+/m1/s1. The fraction of sp³-hybridized carbons (Fsp3) is 0.414. The maximum absolute atomic E-state index is 14.4. The van der Waals surface area contributed by atoms with E-state index in [1.165, 1.54) is 0 Å². The van der Waals surface area contributed by atoms with E-state index in [9.17, 15) is 4.79 Å². The normalized spacial score (nSPS) is 25.1. The van der Waals surface area contributed by atoms with Crippen LogP contribution in [0.25, 0.3) is 0 Å². The van der Waals surface area contributed by atoms with E-state index in [4.69, 9.17) is 32.7 Å². The van der Waals surface area contributed by atoms with Gasteiger partial charge in [-0.15, -0.1) is 6.58 Å². The summed E-state index contributed by atoms with van der Waals surface area (Å²) in [6.45, 7) is 8.06. The summed E-state index contributed by atoms with van der Waals surface area (Å²) < 4.78 is 5.79. The van der Waals surface area contributed by atoms with E-state index >= 15 is 0 Å². The van der Waals surface area contributed by atoms with Crippen LogP contribution in [0.4, 0.5) is 0 Å². The van der Waals surface area contributed by atoms with Crippen LogP contribution in [0, 0.1) is 5.41 Å². The first-order valence-electron chi connectivity index (χ1n) is 12.6. The molecule has 1 amide bonds. The largest absolute Gasteiger partial charge is 0.337 e. The Morgan fingerprint density at radius 2 is 1.92 bits per heavy atom. The van der Waals surface area contributed by atoms with Crippen molar-refractivity contribution in [2.75, 3.05) is 0 Å². The lowest BCUT2D eigenvalue weighted by molar-refractivity contribution is -0.155. The molecule has 3 aromatic rings. The van der Waals surface area contributed by atoms with E-state index in [0.717, 1.165) is 29.8 Å². The van der Waals surface area contributed by atoms with E-state index in [2.05, 4.69) is 24.7 Å². The molecular weight excluding hydrogens is 493 g/mol. The highest BCUT2D eigenvalue weighted by Crippen LogP contribution is 2.54. The van der Waals surface area contributed by atoms with Crippen LogP contribution in [0.5, 0.6) is 0 Å². The van der Waals surface area contributed by atoms with Crippen LogP contribution >= 0.6 is 23.2 Å². The van der Waals surface area contributed by atoms with Crippen molar-refractivity contribution in [1.29, 1.82) is 0 Å². The van der Waals surface area contributed by atoms with Crippen LogP contribution in [0.3, 0.4) is 0 Å². The second-order valence-corrected chi connectivity index (χ2v) is 11.2. The van der Waals surface area contributed by atoms with Crippen molar-refractivity contribution < 1.29 is 9.32 Å². The van der Waals surface area contributed by atoms with Gasteiger partial charge in [-0.3, -0.25) is 4.79 Å². The second kappa shape index (κ2) is 10.0. The maximum Gasteiger partial charge on any atom is 0.249 e. The van der Waals surface area contributed by atoms with Crippen LogP contribution in [-0.2, 0) is 4.79 Å². The Bertz CT molecular complexity index is 1250. The molecule has 0 spiro atoms. The average molecular weight is 524 g/mol. The molecule has 1 aromatic heterocycles. The molecule has 0 N–H and O–H groups in total. The average Bonchev–Trinajstić information content (AvgIpc) is 3.60. The zero-order valence-corrected chi connectivity index (χ0v) is 22.2. The fourth-order valence-corrected chi connectivity index (χ4v) is 5.94. The predicted molar refractivity (Wildman–Crippen MR) is 142 cm³/mol. The molecule has 1 aliphatic carbocycles. The lowest BCUT2D eigenvalue weighted by atomic mass is 9.67. The van der Waals surface area contributed by atoms with E-state index in [1.54, 1.807) is 0 Å². The van der Waals surface area contributed by atoms with Crippen molar-refractivity contribution in [2.45, 2.75) is 69.9 Å². The molecule has 188 valence electrons. The highest BCUT2D eigenvalue weighted by molar-refractivity contribution is 6.30. The Morgan fingerprint density at radius 3 is 2.56 bits per heavy atom. The topological polar surface area (TPSA) is 59.2 Å². The fourth-order valence-electron chi connectivity index (χ4n) is 5.61. The van der Waals surface area contributed by atoms with Gasteiger partial charge in [0.25, 0.3) is 0 Å². The number of amides is 1. The van der Waals surface area contributed by atoms with Crippen LogP contribution in [0.2, 0.25) is 10.0 Å². The number of halogens is 2. The minimum absolute atomic E-state index is 0.00704. The molecule has 36 heavy (non-hydrogen) atoms. The minimum atomic E-state index is -0.635. The molecule has 2 fully saturated rings. The molecule has 0 bridgehead atoms. The zero-order valence-electron chi connectivity index (χ0n) is 20.7. The van der Waals surface area contributed by atoms with E-state index in [-0.39, 0.29) is 23.9 Å². The maximum atomic E-state index is 14.4. The molecule has 4 atom stereocenters. The molecule has 5 rings (SSSR count). The molecule has 1 saturated heterocycles. The molecular formula is C29H31Cl2N3O2. The van der Waals surface area contributed by atoms with Gasteiger partial charge in [-0.25, -0.2) is 0 Å². The first-order chi connectivity index (χ1) is 17.3. The first kappa shape index (κ1) is 25.0. The van der Waals surface area contributed by atoms with Gasteiger partial charge in [0.15, 0.2) is 5.82 Å². The number of nitrogens with zero attached hydrogens (tertiary/aromatic N) is 3. The van der Waals surface area contributed by atoms with Gasteiger partial charge in [-0.2, -0.15) is 4.98 Å². The molecule has 2 heterocycles. The Labute approximate surface area is 222 Å². The number of piperidine rings is 1. The molecule has 7 heteroatoms. The van der Waals surface area contributed by atoms with Gasteiger partial charge in [-0.1, -0.05) is 72.5 Å². The predicted octanol–water partition coefficient (Wildman–Crippen LogP) is 8.04. The van der Waals surface area contributed by atoms with Crippen LogP contribution in [0.15, 0.2) is 65.7 Å². The molecule has 2 aliphatic rings. The van der Waals surface area contributed by atoms with Gasteiger partial charge in [-0.05, 0) is 67.5 Å². The van der Waals surface area contributed by atoms with Gasteiger partial charge >= 0.3 is 0 Å². The van der Waals surface area contributed by atoms with E-state index in [0.29, 0.717) is 41.1 Å². The number of likely N-dealkylation sites (tertiary alicyclic amines) is 1. The number of carbonyl (C=O) groups excluding carboxylic acids is 1. The summed E-state index contributed by atoms with van der Waals surface area (Å²) in [6, 6.07) is 15.1. The third-order valence-electron chi connectivity index (χ3n) is 7.59. The number of rotatable bonds is 8. The highest BCUT2D eigenvalue weighted by atomic mass is 35.5. The summed E-state index contributed by atoms with van der Waals surface area (Å²) in [7, 11) is 0. The SMILES string of the molecule is C=CC[C@@]1(C)C[C@H](c2cccc(Cl)c2)[C@@H](c2ccc(Cl)cc2)N([C@H](CC)c2nc(C3CC3)no2)C1=O. The van der Waals surface area contributed by atoms with Crippen molar-refractivity contribution >= 4 is 29.1 Å². The third kappa shape index (κ3) is 4.71. The van der Waals surface area contributed by atoms with E-state index < -0.39 is 5.41 Å². The lowest BCUT2D eigenvalue weighted by Crippen LogP contribution is -2.53. The quantitative estimate of drug-likeness (QED) is 0.280. The Balaban J connectivity index is 1.68. The summed E-state index contributed by atoms with van der Waals surface area (Å²) in [6.07, 6.45) is 5.89. The van der Waals surface area contributed by atoms with Gasteiger partial charge in [0.2, 0.25) is 11.8 Å². The minimum Gasteiger partial charge on any atom is -0.337 e. The van der Waals surface area contributed by atoms with Gasteiger partial charge in [0.1, 0.15) is 6.04 Å². The second-order valence-electron chi connectivity index (χ2n) is 10.3. The third-order valence-corrected chi connectivity index (χ3v) is 8.08. The van der Waals surface area contributed by atoms with Crippen LogP contribution in [-0.4, -0.2) is 20.9 Å². The Morgan fingerprint density at radius 1 is 1.17 bits per heavy atom. The summed E-state index contributed by atoms with van der Waals surface area (Å²) in [4.78, 5) is 21.2. The number of allylic oxidation sites excluding steroid dienone is 1. The highest BCUT2D eigenvalue weighted by Gasteiger charge is 2.52. The van der Waals surface area contributed by atoms with E-state index in [1.807, 2.05) is 60.4 Å². The molecule has 1 aliphatic heterocycles. The first-order valence-corrected chi connectivity index (χ1v) is 13.4. The molecule has 2 aromatic carbocycles. The monoisotopic (exact) mass is 523 g/mol. The molecule has 0 radical (unpaired) electrons. The smallest absolute Gasteiger partial charge is 0.249 e. The number of aromatic nitrogens is 2. The van der Waals surface area contributed by atoms with Gasteiger partial charge < -0.3 is 9.42 Å². The molecule has 5 nitrogen and oxygen atoms in total. The van der Waals surface area contributed by atoms with Crippen molar-refractivity contribution in [1.82, 2.24) is 15.0 Å². The number of hydrogen-bond donors (Lipinski definition) is 0. The summed E-state index contributed by atoms with van der Waals surface area (Å²) >= 11 is 12.7. The molecule has 0 unspecified atom stereocenters. The van der Waals surface area contributed by atoms with Gasteiger partial charge in [0.05, 0.1) is 11.5 Å². The zero-order chi connectivity index (χ0) is 25.4. The van der Waals surface area contributed by atoms with Crippen molar-refractivity contribution in [2.24, 2.45) is 5.41 Å². The summed E-state index contributed by atoms with van der Waals surface area (Å²) in [5, 5.41) is 5.59. The van der Waals surface area contributed by atoms with Gasteiger partial charge in [0, 0.05) is 21.9 Å². The summed E-state index contributed by atoms with van der Waals surface area (Å²) in [5.41, 5.74) is 1.47. The van der Waals surface area contributed by atoms with Crippen LogP contribution in [0.1, 0.15) is 92.7 Å². The molecule has 1 saturated carbocycles. The number of hydrogen-bond acceptors (Lipinski definition) is 4.